The number of pyridine rings is 1. The number of hydrogen-bond acceptors (Lipinski definition) is 6. The molecule has 0 bridgehead atoms. The summed E-state index contributed by atoms with van der Waals surface area (Å²) in [6, 6.07) is 1.56. The van der Waals surface area contributed by atoms with E-state index < -0.39 is 35.8 Å². The van der Waals surface area contributed by atoms with Crippen molar-refractivity contribution >= 4 is 39.2 Å². The molecule has 0 saturated carbocycles. The van der Waals surface area contributed by atoms with Gasteiger partial charge in [-0.2, -0.15) is 13.2 Å². The van der Waals surface area contributed by atoms with Gasteiger partial charge in [-0.3, -0.25) is 9.59 Å². The fourth-order valence-electron chi connectivity index (χ4n) is 2.72. The van der Waals surface area contributed by atoms with Crippen LogP contribution in [0.25, 0.3) is 10.1 Å². The van der Waals surface area contributed by atoms with Gasteiger partial charge in [0.05, 0.1) is 5.39 Å². The van der Waals surface area contributed by atoms with E-state index in [2.05, 4.69) is 9.72 Å². The molecule has 2 aromatic rings. The SMILES string of the molecule is NC(=O)C1CCN(Cc2csc3ccnc(OC(=O)C(F)(F)F)c23)C1=O. The third kappa shape index (κ3) is 3.34. The minimum absolute atomic E-state index is 0.0465. The number of alkyl halides is 3. The first kappa shape index (κ1) is 18.1. The van der Waals surface area contributed by atoms with Gasteiger partial charge in [0.25, 0.3) is 0 Å². The molecule has 26 heavy (non-hydrogen) atoms. The molecule has 1 saturated heterocycles. The Morgan fingerprint density at radius 1 is 1.42 bits per heavy atom. The van der Waals surface area contributed by atoms with Crippen molar-refractivity contribution in [3.63, 3.8) is 0 Å². The molecule has 0 spiro atoms. The summed E-state index contributed by atoms with van der Waals surface area (Å²) in [7, 11) is 0. The number of nitrogens with zero attached hydrogens (tertiary/aromatic N) is 2. The Morgan fingerprint density at radius 2 is 2.15 bits per heavy atom. The minimum Gasteiger partial charge on any atom is -0.400 e. The first-order valence-corrected chi connectivity index (χ1v) is 8.28. The third-order valence-corrected chi connectivity index (χ3v) is 4.95. The molecule has 0 radical (unpaired) electrons. The molecule has 11 heteroatoms. The van der Waals surface area contributed by atoms with Gasteiger partial charge in [0, 0.05) is 24.0 Å². The van der Waals surface area contributed by atoms with Crippen molar-refractivity contribution in [3.8, 4) is 5.88 Å². The normalized spacial score (nSPS) is 17.7. The predicted molar refractivity (Wildman–Crippen MR) is 84.0 cm³/mol. The molecule has 2 amide bonds. The Bertz CT molecular complexity index is 896. The molecule has 1 aliphatic rings. The highest BCUT2D eigenvalue weighted by molar-refractivity contribution is 7.17. The van der Waals surface area contributed by atoms with E-state index in [9.17, 15) is 27.6 Å². The number of carbonyl (C=O) groups is 3. The number of aromatic nitrogens is 1. The molecule has 7 nitrogen and oxygen atoms in total. The molecule has 1 aliphatic heterocycles. The zero-order valence-corrected chi connectivity index (χ0v) is 13.9. The maximum atomic E-state index is 12.5. The standard InChI is InChI=1S/C15H12F3N3O4S/c16-15(17,18)14(24)25-12-10-7(6-26-9(10)1-3-20-12)5-21-4-2-8(11(19)22)13(21)23/h1,3,6,8H,2,4-5H2,(H2,19,22). The highest BCUT2D eigenvalue weighted by atomic mass is 32.1. The van der Waals surface area contributed by atoms with Crippen LogP contribution in [-0.4, -0.2) is 40.4 Å². The number of ether oxygens (including phenoxy) is 1. The van der Waals surface area contributed by atoms with Crippen LogP contribution in [0.4, 0.5) is 13.2 Å². The zero-order valence-electron chi connectivity index (χ0n) is 13.1. The summed E-state index contributed by atoms with van der Waals surface area (Å²) < 4.78 is 42.3. The van der Waals surface area contributed by atoms with Crippen molar-refractivity contribution in [3.05, 3.63) is 23.2 Å². The van der Waals surface area contributed by atoms with Crippen LogP contribution in [0.5, 0.6) is 5.88 Å². The lowest BCUT2D eigenvalue weighted by molar-refractivity contribution is -0.189. The van der Waals surface area contributed by atoms with E-state index in [1.807, 2.05) is 0 Å². The van der Waals surface area contributed by atoms with Crippen molar-refractivity contribution in [2.24, 2.45) is 11.7 Å². The summed E-state index contributed by atoms with van der Waals surface area (Å²) in [5, 5.41) is 1.87. The second-order valence-electron chi connectivity index (χ2n) is 5.64. The first-order valence-electron chi connectivity index (χ1n) is 7.40. The Morgan fingerprint density at radius 3 is 2.77 bits per heavy atom. The van der Waals surface area contributed by atoms with Crippen LogP contribution in [0.2, 0.25) is 0 Å². The maximum Gasteiger partial charge on any atom is 0.491 e. The number of carbonyl (C=O) groups excluding carboxylic acids is 3. The molecule has 1 unspecified atom stereocenters. The molecule has 0 aromatic carbocycles. The van der Waals surface area contributed by atoms with E-state index in [4.69, 9.17) is 5.73 Å². The molecular weight excluding hydrogens is 375 g/mol. The van der Waals surface area contributed by atoms with Crippen molar-refractivity contribution in [2.75, 3.05) is 6.54 Å². The number of hydrogen-bond donors (Lipinski definition) is 1. The van der Waals surface area contributed by atoms with E-state index in [1.165, 1.54) is 22.4 Å². The predicted octanol–water partition coefficient (Wildman–Crippen LogP) is 1.60. The fourth-order valence-corrected chi connectivity index (χ4v) is 3.66. The third-order valence-electron chi connectivity index (χ3n) is 3.95. The van der Waals surface area contributed by atoms with E-state index in [0.29, 0.717) is 16.8 Å². The van der Waals surface area contributed by atoms with Crippen LogP contribution in [0.1, 0.15) is 12.0 Å². The summed E-state index contributed by atoms with van der Waals surface area (Å²) >= 11 is 1.21. The van der Waals surface area contributed by atoms with Crippen molar-refractivity contribution < 1.29 is 32.3 Å². The topological polar surface area (TPSA) is 103 Å². The number of esters is 1. The molecule has 2 aromatic heterocycles. The van der Waals surface area contributed by atoms with E-state index in [-0.39, 0.29) is 18.4 Å². The van der Waals surface area contributed by atoms with Crippen molar-refractivity contribution in [2.45, 2.75) is 19.1 Å². The van der Waals surface area contributed by atoms with Crippen LogP contribution in [0.15, 0.2) is 17.6 Å². The van der Waals surface area contributed by atoms with Crippen LogP contribution in [0.3, 0.4) is 0 Å². The maximum absolute atomic E-state index is 12.5. The van der Waals surface area contributed by atoms with Gasteiger partial charge in [0.15, 0.2) is 0 Å². The number of nitrogens with two attached hydrogens (primary N) is 1. The van der Waals surface area contributed by atoms with Crippen LogP contribution in [0, 0.1) is 5.92 Å². The number of fused-ring (bicyclic) bond motifs is 1. The Labute approximate surface area is 148 Å². The number of likely N-dealkylation sites (tertiary alicyclic amines) is 1. The second-order valence-corrected chi connectivity index (χ2v) is 6.55. The lowest BCUT2D eigenvalue weighted by Gasteiger charge is -2.16. The number of rotatable bonds is 4. The van der Waals surface area contributed by atoms with E-state index >= 15 is 0 Å². The minimum atomic E-state index is -5.15. The van der Waals surface area contributed by atoms with Crippen LogP contribution >= 0.6 is 11.3 Å². The smallest absolute Gasteiger partial charge is 0.400 e. The fraction of sp³-hybridized carbons (Fsp3) is 0.333. The van der Waals surface area contributed by atoms with Gasteiger partial charge >= 0.3 is 12.1 Å². The molecule has 2 N–H and O–H groups in total. The van der Waals surface area contributed by atoms with Crippen molar-refractivity contribution in [1.29, 1.82) is 0 Å². The quantitative estimate of drug-likeness (QED) is 0.634. The van der Waals surface area contributed by atoms with Gasteiger partial charge in [0.2, 0.25) is 17.7 Å². The van der Waals surface area contributed by atoms with Gasteiger partial charge in [-0.25, -0.2) is 9.78 Å². The van der Waals surface area contributed by atoms with Crippen LogP contribution in [-0.2, 0) is 20.9 Å². The summed E-state index contributed by atoms with van der Waals surface area (Å²) in [4.78, 5) is 39.7. The summed E-state index contributed by atoms with van der Waals surface area (Å²) in [5.74, 6) is -4.90. The molecule has 0 aliphatic carbocycles. The first-order chi connectivity index (χ1) is 12.2. The Balaban J connectivity index is 1.90. The zero-order chi connectivity index (χ0) is 19.1. The number of amides is 2. The monoisotopic (exact) mass is 387 g/mol. The van der Waals surface area contributed by atoms with Crippen molar-refractivity contribution in [1.82, 2.24) is 9.88 Å². The Hall–Kier alpha value is -2.69. The van der Waals surface area contributed by atoms with Crippen LogP contribution < -0.4 is 10.5 Å². The van der Waals surface area contributed by atoms with Gasteiger partial charge in [0.1, 0.15) is 5.92 Å². The summed E-state index contributed by atoms with van der Waals surface area (Å²) in [6.07, 6.45) is -3.64. The van der Waals surface area contributed by atoms with Gasteiger partial charge < -0.3 is 15.4 Å². The molecule has 3 heterocycles. The van der Waals surface area contributed by atoms with Gasteiger partial charge in [-0.15, -0.1) is 11.3 Å². The second kappa shape index (κ2) is 6.56. The average molecular weight is 387 g/mol. The van der Waals surface area contributed by atoms with Gasteiger partial charge in [-0.05, 0) is 23.4 Å². The average Bonchev–Trinajstić information content (AvgIpc) is 3.12. The van der Waals surface area contributed by atoms with E-state index in [1.54, 1.807) is 11.4 Å². The highest BCUT2D eigenvalue weighted by Crippen LogP contribution is 2.35. The lowest BCUT2D eigenvalue weighted by atomic mass is 10.1. The number of primary amides is 1. The highest BCUT2D eigenvalue weighted by Gasteiger charge is 2.42. The molecule has 3 rings (SSSR count). The number of halogens is 3. The summed E-state index contributed by atoms with van der Waals surface area (Å²) in [5.41, 5.74) is 5.65. The largest absolute Gasteiger partial charge is 0.491 e. The molecule has 1 fully saturated rings. The van der Waals surface area contributed by atoms with E-state index in [0.717, 1.165) is 0 Å². The van der Waals surface area contributed by atoms with Gasteiger partial charge in [-0.1, -0.05) is 0 Å². The summed E-state index contributed by atoms with van der Waals surface area (Å²) in [6.45, 7) is 0.340. The number of thiophene rings is 1. The molecular formula is C15H12F3N3O4S. The molecule has 1 atom stereocenters. The Kier molecular flexibility index (Phi) is 4.57. The lowest BCUT2D eigenvalue weighted by Crippen LogP contribution is -2.33. The molecule has 138 valence electrons.